The van der Waals surface area contributed by atoms with E-state index in [1.165, 1.54) is 12.5 Å². The molecule has 1 saturated heterocycles. The number of benzene rings is 1. The average Bonchev–Trinajstić information content (AvgIpc) is 3.33. The first-order valence-electron chi connectivity index (χ1n) is 8.32. The molecule has 1 aliphatic rings. The summed E-state index contributed by atoms with van der Waals surface area (Å²) in [6, 6.07) is 9.54. The molecule has 3 aromatic rings. The number of amides is 2. The maximum Gasteiger partial charge on any atom is 0.270 e. The molecule has 1 atom stereocenters. The van der Waals surface area contributed by atoms with Gasteiger partial charge in [-0.15, -0.1) is 0 Å². The summed E-state index contributed by atoms with van der Waals surface area (Å²) in [4.78, 5) is 29.8. The van der Waals surface area contributed by atoms with Gasteiger partial charge in [-0.3, -0.25) is 9.59 Å². The fraction of sp³-hybridized carbons (Fsp3) is 0.263. The van der Waals surface area contributed by atoms with E-state index in [0.29, 0.717) is 24.3 Å². The first kappa shape index (κ1) is 15.5. The minimum absolute atomic E-state index is 0.0334. The van der Waals surface area contributed by atoms with Gasteiger partial charge in [0.1, 0.15) is 12.0 Å². The molecule has 2 amide bonds. The number of carbonyl (C=O) groups is 2. The third-order valence-corrected chi connectivity index (χ3v) is 4.60. The molecule has 0 bridgehead atoms. The maximum absolute atomic E-state index is 12.7. The molecule has 0 aliphatic carbocycles. The molecule has 1 fully saturated rings. The van der Waals surface area contributed by atoms with Crippen molar-refractivity contribution in [3.8, 4) is 0 Å². The summed E-state index contributed by atoms with van der Waals surface area (Å²) in [5, 5.41) is 3.97. The van der Waals surface area contributed by atoms with E-state index in [0.717, 1.165) is 22.9 Å². The summed E-state index contributed by atoms with van der Waals surface area (Å²) in [6.45, 7) is 3.16. The monoisotopic (exact) mass is 337 g/mol. The van der Waals surface area contributed by atoms with Crippen LogP contribution in [0.1, 0.15) is 32.8 Å². The number of carbonyl (C=O) groups excluding carboxylic acids is 2. The first-order chi connectivity index (χ1) is 12.1. The second kappa shape index (κ2) is 6.12. The van der Waals surface area contributed by atoms with Crippen molar-refractivity contribution in [2.45, 2.75) is 19.4 Å². The number of hydrogen-bond acceptors (Lipinski definition) is 3. The topological polar surface area (TPSA) is 78.3 Å². The molecule has 6 heteroatoms. The molecular formula is C19H19N3O3. The lowest BCUT2D eigenvalue weighted by molar-refractivity contribution is 0.0778. The van der Waals surface area contributed by atoms with Gasteiger partial charge in [-0.2, -0.15) is 0 Å². The molecular weight excluding hydrogens is 318 g/mol. The average molecular weight is 337 g/mol. The van der Waals surface area contributed by atoms with Gasteiger partial charge in [-0.05, 0) is 37.1 Å². The van der Waals surface area contributed by atoms with Crippen molar-refractivity contribution in [3.63, 3.8) is 0 Å². The molecule has 0 spiro atoms. The van der Waals surface area contributed by atoms with E-state index in [-0.39, 0.29) is 17.9 Å². The number of H-pyrrole nitrogens is 1. The van der Waals surface area contributed by atoms with Gasteiger partial charge in [0.05, 0.1) is 11.8 Å². The highest BCUT2D eigenvalue weighted by Crippen LogP contribution is 2.20. The van der Waals surface area contributed by atoms with Crippen LogP contribution in [0.4, 0.5) is 0 Å². The Hall–Kier alpha value is -3.02. The molecule has 0 saturated carbocycles. The van der Waals surface area contributed by atoms with Crippen LogP contribution in [0.5, 0.6) is 0 Å². The molecule has 1 aliphatic heterocycles. The van der Waals surface area contributed by atoms with Crippen LogP contribution in [0.3, 0.4) is 0 Å². The number of aromatic amines is 1. The fourth-order valence-corrected chi connectivity index (χ4v) is 3.25. The predicted octanol–water partition coefficient (Wildman–Crippen LogP) is 2.71. The number of fused-ring (bicyclic) bond motifs is 1. The van der Waals surface area contributed by atoms with Gasteiger partial charge in [0, 0.05) is 30.0 Å². The smallest absolute Gasteiger partial charge is 0.270 e. The quantitative estimate of drug-likeness (QED) is 0.771. The number of rotatable bonds is 3. The second-order valence-electron chi connectivity index (χ2n) is 6.50. The van der Waals surface area contributed by atoms with Crippen molar-refractivity contribution in [3.05, 3.63) is 59.7 Å². The Morgan fingerprint density at radius 2 is 2.16 bits per heavy atom. The van der Waals surface area contributed by atoms with E-state index >= 15 is 0 Å². The van der Waals surface area contributed by atoms with Crippen molar-refractivity contribution in [2.24, 2.45) is 0 Å². The molecule has 2 N–H and O–H groups in total. The Morgan fingerprint density at radius 3 is 2.96 bits per heavy atom. The summed E-state index contributed by atoms with van der Waals surface area (Å²) < 4.78 is 4.92. The zero-order valence-electron chi connectivity index (χ0n) is 13.9. The molecule has 0 unspecified atom stereocenters. The third kappa shape index (κ3) is 3.03. The van der Waals surface area contributed by atoms with Gasteiger partial charge in [0.15, 0.2) is 0 Å². The predicted molar refractivity (Wildman–Crippen MR) is 93.5 cm³/mol. The van der Waals surface area contributed by atoms with Crippen molar-refractivity contribution in [2.75, 3.05) is 13.1 Å². The van der Waals surface area contributed by atoms with Crippen LogP contribution in [0, 0.1) is 6.92 Å². The standard InChI is InChI=1S/C19H19N3O3/c1-12-2-3-13-9-17(21-16(13)8-12)19(24)22-6-4-15(10-22)20-18(23)14-5-7-25-11-14/h2-3,5,7-9,11,15,21H,4,6,10H2,1H3,(H,20,23)/t15-/m0/s1. The Balaban J connectivity index is 1.43. The lowest BCUT2D eigenvalue weighted by atomic mass is 10.2. The SMILES string of the molecule is Cc1ccc2cc(C(=O)N3CC[C@H](NC(=O)c4ccoc4)C3)[nH]c2c1. The van der Waals surface area contributed by atoms with Gasteiger partial charge in [0.2, 0.25) is 0 Å². The maximum atomic E-state index is 12.7. The van der Waals surface area contributed by atoms with E-state index in [1.807, 2.05) is 31.2 Å². The summed E-state index contributed by atoms with van der Waals surface area (Å²) >= 11 is 0. The zero-order valence-corrected chi connectivity index (χ0v) is 13.9. The van der Waals surface area contributed by atoms with Crippen LogP contribution < -0.4 is 5.32 Å². The van der Waals surface area contributed by atoms with Crippen molar-refractivity contribution >= 4 is 22.7 Å². The van der Waals surface area contributed by atoms with Gasteiger partial charge in [-0.25, -0.2) is 0 Å². The second-order valence-corrected chi connectivity index (χ2v) is 6.50. The summed E-state index contributed by atoms with van der Waals surface area (Å²) in [6.07, 6.45) is 3.63. The third-order valence-electron chi connectivity index (χ3n) is 4.60. The highest BCUT2D eigenvalue weighted by Gasteiger charge is 2.29. The Labute approximate surface area is 144 Å². The van der Waals surface area contributed by atoms with Crippen molar-refractivity contribution in [1.29, 1.82) is 0 Å². The normalized spacial score (nSPS) is 17.2. The first-order valence-corrected chi connectivity index (χ1v) is 8.32. The van der Waals surface area contributed by atoms with Crippen LogP contribution in [0.15, 0.2) is 47.3 Å². The fourth-order valence-electron chi connectivity index (χ4n) is 3.25. The van der Waals surface area contributed by atoms with Gasteiger partial charge >= 0.3 is 0 Å². The highest BCUT2D eigenvalue weighted by molar-refractivity contribution is 5.98. The van der Waals surface area contributed by atoms with E-state index < -0.39 is 0 Å². The number of likely N-dealkylation sites (tertiary alicyclic amines) is 1. The summed E-state index contributed by atoms with van der Waals surface area (Å²) in [7, 11) is 0. The largest absolute Gasteiger partial charge is 0.472 e. The summed E-state index contributed by atoms with van der Waals surface area (Å²) in [5.74, 6) is -0.206. The Morgan fingerprint density at radius 1 is 1.28 bits per heavy atom. The van der Waals surface area contributed by atoms with Crippen molar-refractivity contribution < 1.29 is 14.0 Å². The van der Waals surface area contributed by atoms with Crippen LogP contribution >= 0.6 is 0 Å². The molecule has 128 valence electrons. The number of furan rings is 1. The van der Waals surface area contributed by atoms with E-state index in [2.05, 4.69) is 10.3 Å². The van der Waals surface area contributed by atoms with E-state index in [4.69, 9.17) is 4.42 Å². The molecule has 1 aromatic carbocycles. The van der Waals surface area contributed by atoms with Gasteiger partial charge < -0.3 is 19.6 Å². The van der Waals surface area contributed by atoms with Crippen molar-refractivity contribution in [1.82, 2.24) is 15.2 Å². The molecule has 6 nitrogen and oxygen atoms in total. The number of hydrogen-bond donors (Lipinski definition) is 2. The minimum Gasteiger partial charge on any atom is -0.472 e. The number of nitrogens with one attached hydrogen (secondary N) is 2. The molecule has 25 heavy (non-hydrogen) atoms. The zero-order chi connectivity index (χ0) is 17.4. The highest BCUT2D eigenvalue weighted by atomic mass is 16.3. The molecule has 2 aromatic heterocycles. The molecule has 4 rings (SSSR count). The van der Waals surface area contributed by atoms with Gasteiger partial charge in [-0.1, -0.05) is 12.1 Å². The van der Waals surface area contributed by atoms with Crippen LogP contribution in [0.25, 0.3) is 10.9 Å². The van der Waals surface area contributed by atoms with Crippen LogP contribution in [0.2, 0.25) is 0 Å². The number of aromatic nitrogens is 1. The summed E-state index contributed by atoms with van der Waals surface area (Å²) in [5.41, 5.74) is 3.20. The Bertz CT molecular complexity index is 927. The molecule has 0 radical (unpaired) electrons. The lowest BCUT2D eigenvalue weighted by Gasteiger charge is -2.16. The van der Waals surface area contributed by atoms with E-state index in [1.54, 1.807) is 11.0 Å². The molecule has 3 heterocycles. The Kier molecular flexibility index (Phi) is 3.80. The number of nitrogens with zero attached hydrogens (tertiary/aromatic N) is 1. The lowest BCUT2D eigenvalue weighted by Crippen LogP contribution is -2.38. The van der Waals surface area contributed by atoms with E-state index in [9.17, 15) is 9.59 Å². The minimum atomic E-state index is -0.172. The van der Waals surface area contributed by atoms with Crippen LogP contribution in [-0.2, 0) is 0 Å². The number of aryl methyl sites for hydroxylation is 1. The van der Waals surface area contributed by atoms with Crippen LogP contribution in [-0.4, -0.2) is 40.8 Å². The van der Waals surface area contributed by atoms with Gasteiger partial charge in [0.25, 0.3) is 11.8 Å².